The minimum Gasteiger partial charge on any atom is -0.463 e. The van der Waals surface area contributed by atoms with Crippen LogP contribution in [0.4, 0.5) is 0 Å². The summed E-state index contributed by atoms with van der Waals surface area (Å²) >= 11 is 0. The van der Waals surface area contributed by atoms with Gasteiger partial charge in [-0.25, -0.2) is 0 Å². The molecule has 2 fully saturated rings. The first kappa shape index (κ1) is 38.8. The number of hydrogen-bond donors (Lipinski definition) is 0. The fourth-order valence-corrected chi connectivity index (χ4v) is 4.73. The minimum atomic E-state index is -1.86. The van der Waals surface area contributed by atoms with E-state index in [1.807, 2.05) is 0 Å². The summed E-state index contributed by atoms with van der Waals surface area (Å²) in [4.78, 5) is 96.4. The first-order chi connectivity index (χ1) is 21.9. The van der Waals surface area contributed by atoms with Gasteiger partial charge in [-0.2, -0.15) is 0 Å². The van der Waals surface area contributed by atoms with Crippen molar-refractivity contribution in [1.29, 1.82) is 0 Å². The van der Waals surface area contributed by atoms with Crippen LogP contribution in [-0.4, -0.2) is 122 Å². The molecule has 0 aromatic heterocycles. The van der Waals surface area contributed by atoms with E-state index in [4.69, 9.17) is 52.1 Å². The second-order valence-electron chi connectivity index (χ2n) is 10.3. The average molecular weight is 679 g/mol. The fraction of sp³-hybridized carbons (Fsp3) is 0.714. The first-order valence-corrected chi connectivity index (χ1v) is 14.2. The molecule has 2 rings (SSSR count). The summed E-state index contributed by atoms with van der Waals surface area (Å²) < 4.78 is 60.2. The molecule has 0 N–H and O–H groups in total. The molecule has 2 aliphatic rings. The van der Waals surface area contributed by atoms with Crippen molar-refractivity contribution in [3.05, 3.63) is 0 Å². The lowest BCUT2D eigenvalue weighted by Gasteiger charge is -2.48. The molecule has 0 aromatic carbocycles. The molecule has 2 saturated heterocycles. The van der Waals surface area contributed by atoms with Crippen molar-refractivity contribution < 1.29 is 90.5 Å². The van der Waals surface area contributed by atoms with Crippen molar-refractivity contribution in [2.24, 2.45) is 0 Å². The number of carbonyl (C=O) groups excluding carboxylic acids is 8. The summed E-state index contributed by atoms with van der Waals surface area (Å²) in [5.41, 5.74) is 0. The number of carbonyl (C=O) groups is 8. The van der Waals surface area contributed by atoms with Gasteiger partial charge in [0.15, 0.2) is 36.8 Å². The summed E-state index contributed by atoms with van der Waals surface area (Å²) in [5, 5.41) is 0. The minimum absolute atomic E-state index is 0.587. The quantitative estimate of drug-likeness (QED) is 0.181. The Labute approximate surface area is 268 Å². The zero-order chi connectivity index (χ0) is 35.6. The predicted molar refractivity (Wildman–Crippen MR) is 145 cm³/mol. The van der Waals surface area contributed by atoms with Gasteiger partial charge >= 0.3 is 47.8 Å². The van der Waals surface area contributed by atoms with E-state index in [0.29, 0.717) is 0 Å². The molecule has 0 amide bonds. The third-order valence-corrected chi connectivity index (χ3v) is 6.17. The molecule has 264 valence electrons. The highest BCUT2D eigenvalue weighted by Crippen LogP contribution is 2.35. The normalized spacial score (nSPS) is 30.0. The largest absolute Gasteiger partial charge is 0.463 e. The van der Waals surface area contributed by atoms with Gasteiger partial charge in [0, 0.05) is 55.4 Å². The molecule has 0 unspecified atom stereocenters. The average Bonchev–Trinajstić information content (AvgIpc) is 2.91. The summed E-state index contributed by atoms with van der Waals surface area (Å²) in [7, 11) is 0. The molecule has 2 heterocycles. The van der Waals surface area contributed by atoms with Crippen LogP contribution >= 0.6 is 0 Å². The van der Waals surface area contributed by atoms with E-state index in [2.05, 4.69) is 0 Å². The van der Waals surface area contributed by atoms with Crippen LogP contribution in [-0.2, 0) is 90.5 Å². The lowest BCUT2D eigenvalue weighted by molar-refractivity contribution is -0.358. The molecule has 0 radical (unpaired) electrons. The van der Waals surface area contributed by atoms with Crippen LogP contribution in [0.2, 0.25) is 0 Å². The monoisotopic (exact) mass is 678 g/mol. The highest BCUT2D eigenvalue weighted by Gasteiger charge is 2.58. The fourth-order valence-electron chi connectivity index (χ4n) is 4.73. The van der Waals surface area contributed by atoms with E-state index in [-0.39, 0.29) is 0 Å². The van der Waals surface area contributed by atoms with Crippen molar-refractivity contribution in [2.45, 2.75) is 117 Å². The Bertz CT molecular complexity index is 1200. The molecule has 19 nitrogen and oxygen atoms in total. The van der Waals surface area contributed by atoms with Gasteiger partial charge in [-0.1, -0.05) is 0 Å². The van der Waals surface area contributed by atoms with Crippen LogP contribution in [0.3, 0.4) is 0 Å². The van der Waals surface area contributed by atoms with Crippen LogP contribution in [0.5, 0.6) is 0 Å². The summed E-state index contributed by atoms with van der Waals surface area (Å²) in [6.45, 7) is 7.06. The Morgan fingerprint density at radius 1 is 0.383 bits per heavy atom. The molecular formula is C28H38O19. The van der Waals surface area contributed by atoms with Gasteiger partial charge in [0.05, 0.1) is 0 Å². The van der Waals surface area contributed by atoms with E-state index >= 15 is 0 Å². The Morgan fingerprint density at radius 3 is 1.09 bits per heavy atom. The van der Waals surface area contributed by atoms with E-state index in [0.717, 1.165) is 55.4 Å². The SMILES string of the molecule is CC(=O)OC[C@H]1O[C@H](O[C@H]2[C@@H](OC(C)=O)[C@@H](COC(C)=O)O[C@H](OC(C)=O)[C@@H]2OC(C)=O)[C@H](OC(C)=O)[C@@H](OC(C)=O)[C@H]1OC(C)=O. The lowest BCUT2D eigenvalue weighted by Crippen LogP contribution is -2.67. The molecule has 0 aromatic rings. The number of hydrogen-bond acceptors (Lipinski definition) is 19. The standard InChI is InChI=1S/C28H38O19/c1-11(29)37-9-19-21(39-13(3)31)23(41-15(5)33)25(42-16(6)34)28(46-19)47-24-22(40-14(4)32)20(10-38-12(2)30)45-27(44-18(8)36)26(24)43-17(7)35/h19-28H,9-10H2,1-8H3/t19-,20-,21+,22+,23+,24+,25-,26-,27+,28-/m1/s1. The van der Waals surface area contributed by atoms with Gasteiger partial charge in [0.25, 0.3) is 0 Å². The number of rotatable bonds is 12. The van der Waals surface area contributed by atoms with Gasteiger partial charge < -0.3 is 52.1 Å². The Balaban J connectivity index is 2.75. The lowest BCUT2D eigenvalue weighted by atomic mass is 9.96. The number of ether oxygens (including phenoxy) is 11. The van der Waals surface area contributed by atoms with E-state index in [9.17, 15) is 38.4 Å². The molecular weight excluding hydrogens is 640 g/mol. The maximum atomic E-state index is 12.3. The van der Waals surface area contributed by atoms with Gasteiger partial charge in [-0.15, -0.1) is 0 Å². The summed E-state index contributed by atoms with van der Waals surface area (Å²) in [6.07, 6.45) is -16.4. The summed E-state index contributed by atoms with van der Waals surface area (Å²) in [6, 6.07) is 0. The van der Waals surface area contributed by atoms with Crippen LogP contribution in [0.15, 0.2) is 0 Å². The van der Waals surface area contributed by atoms with E-state index in [1.54, 1.807) is 0 Å². The first-order valence-electron chi connectivity index (χ1n) is 14.2. The second-order valence-corrected chi connectivity index (χ2v) is 10.3. The van der Waals surface area contributed by atoms with E-state index in [1.165, 1.54) is 0 Å². The summed E-state index contributed by atoms with van der Waals surface area (Å²) in [5.74, 6) is -7.04. The highest BCUT2D eigenvalue weighted by atomic mass is 16.8. The Kier molecular flexibility index (Phi) is 14.5. The predicted octanol–water partition coefficient (Wildman–Crippen LogP) is -0.831. The molecule has 19 heteroatoms. The second kappa shape index (κ2) is 17.5. The molecule has 0 aliphatic carbocycles. The third kappa shape index (κ3) is 12.1. The van der Waals surface area contributed by atoms with Gasteiger partial charge in [0.1, 0.15) is 31.5 Å². The van der Waals surface area contributed by atoms with Crippen LogP contribution in [0.25, 0.3) is 0 Å². The van der Waals surface area contributed by atoms with Crippen LogP contribution in [0, 0.1) is 0 Å². The van der Waals surface area contributed by atoms with Crippen molar-refractivity contribution >= 4 is 47.8 Å². The van der Waals surface area contributed by atoms with Crippen molar-refractivity contribution in [3.63, 3.8) is 0 Å². The maximum absolute atomic E-state index is 12.3. The van der Waals surface area contributed by atoms with Gasteiger partial charge in [0.2, 0.25) is 6.29 Å². The highest BCUT2D eigenvalue weighted by molar-refractivity contribution is 5.69. The molecule has 0 spiro atoms. The van der Waals surface area contributed by atoms with Crippen LogP contribution in [0.1, 0.15) is 55.4 Å². The number of esters is 8. The van der Waals surface area contributed by atoms with Crippen molar-refractivity contribution in [1.82, 2.24) is 0 Å². The smallest absolute Gasteiger partial charge is 0.305 e. The molecule has 2 aliphatic heterocycles. The third-order valence-electron chi connectivity index (χ3n) is 6.17. The van der Waals surface area contributed by atoms with Crippen molar-refractivity contribution in [3.8, 4) is 0 Å². The van der Waals surface area contributed by atoms with Crippen LogP contribution < -0.4 is 0 Å². The zero-order valence-corrected chi connectivity index (χ0v) is 26.9. The van der Waals surface area contributed by atoms with Gasteiger partial charge in [-0.3, -0.25) is 38.4 Å². The van der Waals surface area contributed by atoms with Crippen molar-refractivity contribution in [2.75, 3.05) is 13.2 Å². The van der Waals surface area contributed by atoms with E-state index < -0.39 is 122 Å². The molecule has 47 heavy (non-hydrogen) atoms. The van der Waals surface area contributed by atoms with Gasteiger partial charge in [-0.05, 0) is 0 Å². The molecule has 10 atom stereocenters. The zero-order valence-electron chi connectivity index (χ0n) is 26.9. The Hall–Kier alpha value is -4.36. The topological polar surface area (TPSA) is 238 Å². The Morgan fingerprint density at radius 2 is 0.702 bits per heavy atom. The molecule has 0 bridgehead atoms. The molecule has 0 saturated carbocycles. The maximum Gasteiger partial charge on any atom is 0.305 e.